The quantitative estimate of drug-likeness (QED) is 0.565. The van der Waals surface area contributed by atoms with Crippen LogP contribution in [0.5, 0.6) is 0 Å². The molecule has 0 saturated carbocycles. The molecule has 3 rings (SSSR count). The van der Waals surface area contributed by atoms with Gasteiger partial charge in [0.1, 0.15) is 5.82 Å². The predicted molar refractivity (Wildman–Crippen MR) is 106 cm³/mol. The van der Waals surface area contributed by atoms with E-state index in [-0.39, 0.29) is 0 Å². The number of nitrogens with zero attached hydrogens (tertiary/aromatic N) is 3. The fraction of sp³-hybridized carbons (Fsp3) is 0.400. The SMILES string of the molecule is CN(C)CC1(O)CCN(c2cc(C(=N)c3ccccc3N)ccn2)CC1. The number of nitrogen functional groups attached to an aromatic ring is 1. The smallest absolute Gasteiger partial charge is 0.129 e. The van der Waals surface area contributed by atoms with E-state index in [9.17, 15) is 5.11 Å². The van der Waals surface area contributed by atoms with Gasteiger partial charge in [-0.1, -0.05) is 18.2 Å². The molecule has 0 amide bonds. The molecule has 6 nitrogen and oxygen atoms in total. The van der Waals surface area contributed by atoms with Crippen LogP contribution in [-0.4, -0.2) is 60.0 Å². The maximum atomic E-state index is 10.7. The summed E-state index contributed by atoms with van der Waals surface area (Å²) in [5.41, 5.74) is 7.89. The lowest BCUT2D eigenvalue weighted by Gasteiger charge is -2.40. The van der Waals surface area contributed by atoms with Crippen molar-refractivity contribution in [2.24, 2.45) is 0 Å². The Morgan fingerprint density at radius 3 is 2.62 bits per heavy atom. The molecule has 1 aliphatic heterocycles. The van der Waals surface area contributed by atoms with E-state index in [0.29, 0.717) is 30.8 Å². The van der Waals surface area contributed by atoms with Crippen molar-refractivity contribution >= 4 is 17.2 Å². The Kier molecular flexibility index (Phi) is 5.25. The Hall–Kier alpha value is -2.44. The number of hydrogen-bond donors (Lipinski definition) is 3. The number of nitrogens with two attached hydrogens (primary N) is 1. The normalized spacial score (nSPS) is 16.7. The fourth-order valence-electron chi connectivity index (χ4n) is 3.53. The molecule has 0 atom stereocenters. The predicted octanol–water partition coefficient (Wildman–Crippen LogP) is 1.97. The highest BCUT2D eigenvalue weighted by molar-refractivity contribution is 6.14. The van der Waals surface area contributed by atoms with Gasteiger partial charge in [0.05, 0.1) is 11.3 Å². The van der Waals surface area contributed by atoms with Crippen LogP contribution in [0, 0.1) is 5.41 Å². The molecule has 1 fully saturated rings. The van der Waals surface area contributed by atoms with Gasteiger partial charge in [-0.2, -0.15) is 0 Å². The van der Waals surface area contributed by atoms with Gasteiger partial charge in [-0.05, 0) is 45.1 Å². The molecule has 1 aliphatic rings. The number of hydrogen-bond acceptors (Lipinski definition) is 6. The first kappa shape index (κ1) is 18.4. The maximum Gasteiger partial charge on any atom is 0.129 e. The summed E-state index contributed by atoms with van der Waals surface area (Å²) in [6, 6.07) is 11.2. The zero-order valence-corrected chi connectivity index (χ0v) is 15.4. The topological polar surface area (TPSA) is 89.5 Å². The van der Waals surface area contributed by atoms with Crippen LogP contribution < -0.4 is 10.6 Å². The van der Waals surface area contributed by atoms with E-state index in [0.717, 1.165) is 30.0 Å². The lowest BCUT2D eigenvalue weighted by atomic mass is 9.91. The first-order valence-electron chi connectivity index (χ1n) is 8.90. The number of anilines is 2. The summed E-state index contributed by atoms with van der Waals surface area (Å²) in [7, 11) is 3.96. The van der Waals surface area contributed by atoms with E-state index in [1.165, 1.54) is 0 Å². The van der Waals surface area contributed by atoms with Crippen molar-refractivity contribution < 1.29 is 5.11 Å². The van der Waals surface area contributed by atoms with Gasteiger partial charge in [0.25, 0.3) is 0 Å². The van der Waals surface area contributed by atoms with Gasteiger partial charge < -0.3 is 20.6 Å². The number of aliphatic hydroxyl groups is 1. The van der Waals surface area contributed by atoms with Crippen molar-refractivity contribution in [3.05, 3.63) is 53.7 Å². The van der Waals surface area contributed by atoms with Crippen LogP contribution in [0.1, 0.15) is 24.0 Å². The molecule has 2 heterocycles. The van der Waals surface area contributed by atoms with E-state index in [4.69, 9.17) is 11.1 Å². The Balaban J connectivity index is 1.75. The Morgan fingerprint density at radius 1 is 1.27 bits per heavy atom. The van der Waals surface area contributed by atoms with Gasteiger partial charge in [0, 0.05) is 42.6 Å². The number of para-hydroxylation sites is 1. The van der Waals surface area contributed by atoms with E-state index >= 15 is 0 Å². The molecule has 4 N–H and O–H groups in total. The summed E-state index contributed by atoms with van der Waals surface area (Å²) in [6.45, 7) is 2.18. The van der Waals surface area contributed by atoms with Gasteiger partial charge >= 0.3 is 0 Å². The minimum Gasteiger partial charge on any atom is -0.398 e. The standard InChI is InChI=1S/C20H27N5O/c1-24(2)14-20(26)8-11-25(12-9-20)18-13-15(7-10-23-18)19(22)16-5-3-4-6-17(16)21/h3-7,10,13,22,26H,8-9,11-12,14,21H2,1-2H3. The molecule has 2 aromatic rings. The second-order valence-electron chi connectivity index (χ2n) is 7.31. The fourth-order valence-corrected chi connectivity index (χ4v) is 3.53. The minimum absolute atomic E-state index is 0.396. The molecule has 26 heavy (non-hydrogen) atoms. The highest BCUT2D eigenvalue weighted by Gasteiger charge is 2.33. The summed E-state index contributed by atoms with van der Waals surface area (Å²) in [4.78, 5) is 8.68. The third kappa shape index (κ3) is 4.03. The third-order valence-electron chi connectivity index (χ3n) is 4.89. The molecule has 0 bridgehead atoms. The second kappa shape index (κ2) is 7.43. The van der Waals surface area contributed by atoms with Crippen molar-refractivity contribution in [3.63, 3.8) is 0 Å². The van der Waals surface area contributed by atoms with Crippen LogP contribution in [0.3, 0.4) is 0 Å². The Bertz CT molecular complexity index is 781. The first-order valence-corrected chi connectivity index (χ1v) is 8.90. The molecule has 0 radical (unpaired) electrons. The molecular formula is C20H27N5O. The molecule has 1 aromatic heterocycles. The van der Waals surface area contributed by atoms with E-state index in [1.54, 1.807) is 6.20 Å². The number of piperidine rings is 1. The summed E-state index contributed by atoms with van der Waals surface area (Å²) in [5.74, 6) is 0.841. The molecule has 0 aliphatic carbocycles. The highest BCUT2D eigenvalue weighted by Crippen LogP contribution is 2.27. The summed E-state index contributed by atoms with van der Waals surface area (Å²) in [5, 5.41) is 19.2. The monoisotopic (exact) mass is 353 g/mol. The average Bonchev–Trinajstić information content (AvgIpc) is 2.61. The lowest BCUT2D eigenvalue weighted by Crippen LogP contribution is -2.49. The lowest BCUT2D eigenvalue weighted by molar-refractivity contribution is -0.00547. The number of nitrogens with one attached hydrogen (secondary N) is 1. The Labute approximate surface area is 154 Å². The molecule has 138 valence electrons. The first-order chi connectivity index (χ1) is 12.4. The maximum absolute atomic E-state index is 10.7. The number of benzene rings is 1. The van der Waals surface area contributed by atoms with E-state index in [2.05, 4.69) is 9.88 Å². The van der Waals surface area contributed by atoms with Gasteiger partial charge in [-0.15, -0.1) is 0 Å². The van der Waals surface area contributed by atoms with Gasteiger partial charge in [-0.25, -0.2) is 4.98 Å². The molecular weight excluding hydrogens is 326 g/mol. The van der Waals surface area contributed by atoms with E-state index in [1.807, 2.05) is 55.4 Å². The van der Waals surface area contributed by atoms with Crippen LogP contribution >= 0.6 is 0 Å². The number of pyridine rings is 1. The average molecular weight is 353 g/mol. The third-order valence-corrected chi connectivity index (χ3v) is 4.89. The van der Waals surface area contributed by atoms with Crippen molar-refractivity contribution in [1.82, 2.24) is 9.88 Å². The molecule has 0 spiro atoms. The number of rotatable bonds is 5. The second-order valence-corrected chi connectivity index (χ2v) is 7.31. The van der Waals surface area contributed by atoms with Crippen LogP contribution in [0.25, 0.3) is 0 Å². The minimum atomic E-state index is -0.636. The van der Waals surface area contributed by atoms with Crippen LogP contribution in [0.4, 0.5) is 11.5 Å². The molecule has 6 heteroatoms. The van der Waals surface area contributed by atoms with Crippen molar-refractivity contribution in [3.8, 4) is 0 Å². The zero-order valence-electron chi connectivity index (χ0n) is 15.4. The van der Waals surface area contributed by atoms with E-state index < -0.39 is 5.60 Å². The number of likely N-dealkylation sites (N-methyl/N-ethyl adjacent to an activating group) is 1. The van der Waals surface area contributed by atoms with Gasteiger partial charge in [0.2, 0.25) is 0 Å². The van der Waals surface area contributed by atoms with Gasteiger partial charge in [0.15, 0.2) is 0 Å². The molecule has 0 unspecified atom stereocenters. The largest absolute Gasteiger partial charge is 0.398 e. The summed E-state index contributed by atoms with van der Waals surface area (Å²) < 4.78 is 0. The summed E-state index contributed by atoms with van der Waals surface area (Å²) in [6.07, 6.45) is 3.15. The van der Waals surface area contributed by atoms with Crippen molar-refractivity contribution in [2.75, 3.05) is 44.4 Å². The Morgan fingerprint density at radius 2 is 1.96 bits per heavy atom. The zero-order chi connectivity index (χ0) is 18.7. The molecule has 1 saturated heterocycles. The number of aromatic nitrogens is 1. The van der Waals surface area contributed by atoms with Crippen LogP contribution in [-0.2, 0) is 0 Å². The van der Waals surface area contributed by atoms with Crippen LogP contribution in [0.15, 0.2) is 42.6 Å². The highest BCUT2D eigenvalue weighted by atomic mass is 16.3. The van der Waals surface area contributed by atoms with Crippen molar-refractivity contribution in [1.29, 1.82) is 5.41 Å². The van der Waals surface area contributed by atoms with Crippen LogP contribution in [0.2, 0.25) is 0 Å². The molecule has 1 aromatic carbocycles. The van der Waals surface area contributed by atoms with Crippen molar-refractivity contribution in [2.45, 2.75) is 18.4 Å². The van der Waals surface area contributed by atoms with Gasteiger partial charge in [-0.3, -0.25) is 5.41 Å². The summed E-state index contributed by atoms with van der Waals surface area (Å²) >= 11 is 0.